The van der Waals surface area contributed by atoms with Crippen molar-refractivity contribution in [3.63, 3.8) is 0 Å². The van der Waals surface area contributed by atoms with Crippen molar-refractivity contribution in [3.05, 3.63) is 47.5 Å². The molecular weight excluding hydrogens is 300 g/mol. The number of carbonyl (C=O) groups is 1. The molecule has 1 heterocycles. The van der Waals surface area contributed by atoms with Gasteiger partial charge < -0.3 is 24.5 Å². The van der Waals surface area contributed by atoms with Gasteiger partial charge in [-0.25, -0.2) is 4.79 Å². The summed E-state index contributed by atoms with van der Waals surface area (Å²) >= 11 is 0. The van der Waals surface area contributed by atoms with Crippen LogP contribution in [-0.4, -0.2) is 28.4 Å². The Morgan fingerprint density at radius 2 is 2.00 bits per heavy atom. The van der Waals surface area contributed by atoms with E-state index in [1.165, 1.54) is 25.3 Å². The molecular formula is C17H14O6. The molecule has 0 unspecified atom stereocenters. The van der Waals surface area contributed by atoms with Crippen LogP contribution in [0.15, 0.2) is 40.8 Å². The molecule has 0 saturated heterocycles. The Morgan fingerprint density at radius 1 is 1.22 bits per heavy atom. The van der Waals surface area contributed by atoms with Gasteiger partial charge in [0.15, 0.2) is 0 Å². The van der Waals surface area contributed by atoms with Crippen LogP contribution in [0.25, 0.3) is 22.3 Å². The molecule has 3 aromatic rings. The lowest BCUT2D eigenvalue weighted by atomic mass is 10.0. The average Bonchev–Trinajstić information content (AvgIpc) is 2.92. The second-order valence-electron chi connectivity index (χ2n) is 4.97. The molecule has 6 nitrogen and oxygen atoms in total. The van der Waals surface area contributed by atoms with Crippen LogP contribution in [0.5, 0.6) is 11.5 Å². The van der Waals surface area contributed by atoms with Crippen molar-refractivity contribution in [2.75, 3.05) is 7.11 Å². The molecule has 0 atom stereocenters. The number of benzene rings is 2. The van der Waals surface area contributed by atoms with Crippen LogP contribution >= 0.6 is 0 Å². The zero-order valence-electron chi connectivity index (χ0n) is 12.2. The van der Waals surface area contributed by atoms with Crippen LogP contribution < -0.4 is 4.74 Å². The van der Waals surface area contributed by atoms with Gasteiger partial charge in [0.25, 0.3) is 0 Å². The maximum atomic E-state index is 11.7. The van der Waals surface area contributed by atoms with Crippen LogP contribution in [0.3, 0.4) is 0 Å². The minimum atomic E-state index is -1.18. The van der Waals surface area contributed by atoms with E-state index in [4.69, 9.17) is 9.15 Å². The Balaban J connectivity index is 2.32. The molecule has 3 rings (SSSR count). The predicted molar refractivity (Wildman–Crippen MR) is 82.7 cm³/mol. The van der Waals surface area contributed by atoms with E-state index in [9.17, 15) is 20.1 Å². The van der Waals surface area contributed by atoms with Crippen molar-refractivity contribution < 1.29 is 29.3 Å². The van der Waals surface area contributed by atoms with Gasteiger partial charge in [0.1, 0.15) is 28.4 Å². The molecule has 0 radical (unpaired) electrons. The van der Waals surface area contributed by atoms with Crippen LogP contribution in [0, 0.1) is 0 Å². The van der Waals surface area contributed by atoms with Crippen molar-refractivity contribution in [3.8, 4) is 22.8 Å². The number of methoxy groups -OCH3 is 1. The Labute approximate surface area is 131 Å². The van der Waals surface area contributed by atoms with E-state index in [-0.39, 0.29) is 23.7 Å². The van der Waals surface area contributed by atoms with Gasteiger partial charge in [-0.05, 0) is 42.0 Å². The number of aromatic hydroxyl groups is 1. The lowest BCUT2D eigenvalue weighted by Crippen LogP contribution is -1.99. The maximum absolute atomic E-state index is 11.7. The fraction of sp³-hybridized carbons (Fsp3) is 0.118. The van der Waals surface area contributed by atoms with E-state index < -0.39 is 5.97 Å². The predicted octanol–water partition coefficient (Wildman–Crippen LogP) is 3.00. The Kier molecular flexibility index (Phi) is 3.67. The number of fused-ring (bicyclic) bond motifs is 1. The lowest BCUT2D eigenvalue weighted by Gasteiger charge is -2.08. The third-order valence-electron chi connectivity index (χ3n) is 3.61. The van der Waals surface area contributed by atoms with Crippen LogP contribution in [0.1, 0.15) is 15.9 Å². The van der Waals surface area contributed by atoms with E-state index >= 15 is 0 Å². The summed E-state index contributed by atoms with van der Waals surface area (Å²) in [6.45, 7) is -0.298. The lowest BCUT2D eigenvalue weighted by molar-refractivity contribution is 0.0699. The SMILES string of the molecule is COc1ccc(-c2oc3ccc(O)cc3c2C(=O)O)c(CO)c1. The largest absolute Gasteiger partial charge is 0.508 e. The number of hydrogen-bond acceptors (Lipinski definition) is 5. The quantitative estimate of drug-likeness (QED) is 0.684. The highest BCUT2D eigenvalue weighted by molar-refractivity contribution is 6.08. The zero-order valence-corrected chi connectivity index (χ0v) is 12.2. The van der Waals surface area contributed by atoms with Crippen molar-refractivity contribution in [2.24, 2.45) is 0 Å². The van der Waals surface area contributed by atoms with Crippen LogP contribution in [0.2, 0.25) is 0 Å². The van der Waals surface area contributed by atoms with Crippen LogP contribution in [-0.2, 0) is 6.61 Å². The van der Waals surface area contributed by atoms with E-state index in [0.29, 0.717) is 27.8 Å². The standard InChI is InChI=1S/C17H14O6/c1-22-11-3-4-12(9(6-11)8-18)16-15(17(20)21)13-7-10(19)2-5-14(13)23-16/h2-7,18-19H,8H2,1H3,(H,20,21). The minimum Gasteiger partial charge on any atom is -0.508 e. The molecule has 0 aliphatic carbocycles. The third kappa shape index (κ3) is 2.49. The normalized spacial score (nSPS) is 10.9. The molecule has 0 bridgehead atoms. The van der Waals surface area contributed by atoms with Gasteiger partial charge in [0.05, 0.1) is 13.7 Å². The van der Waals surface area contributed by atoms with E-state index in [0.717, 1.165) is 0 Å². The Bertz CT molecular complexity index is 893. The Morgan fingerprint density at radius 3 is 2.65 bits per heavy atom. The summed E-state index contributed by atoms with van der Waals surface area (Å²) in [5.74, 6) is -0.554. The number of carboxylic acid groups (broad SMARTS) is 1. The summed E-state index contributed by atoms with van der Waals surface area (Å²) < 4.78 is 10.8. The monoisotopic (exact) mass is 314 g/mol. The summed E-state index contributed by atoms with van der Waals surface area (Å²) in [4.78, 5) is 11.7. The van der Waals surface area contributed by atoms with Crippen molar-refractivity contribution in [1.82, 2.24) is 0 Å². The topological polar surface area (TPSA) is 100 Å². The number of furan rings is 1. The number of aliphatic hydroxyl groups is 1. The molecule has 118 valence electrons. The second kappa shape index (κ2) is 5.66. The molecule has 0 aliphatic heterocycles. The molecule has 1 aromatic heterocycles. The van der Waals surface area contributed by atoms with Gasteiger partial charge in [0.2, 0.25) is 0 Å². The van der Waals surface area contributed by atoms with Gasteiger partial charge in [-0.3, -0.25) is 0 Å². The third-order valence-corrected chi connectivity index (χ3v) is 3.61. The average molecular weight is 314 g/mol. The number of aliphatic hydroxyl groups excluding tert-OH is 1. The highest BCUT2D eigenvalue weighted by atomic mass is 16.5. The van der Waals surface area contributed by atoms with Crippen molar-refractivity contribution in [2.45, 2.75) is 6.61 Å². The first-order valence-corrected chi connectivity index (χ1v) is 6.82. The van der Waals surface area contributed by atoms with Crippen LogP contribution in [0.4, 0.5) is 0 Å². The summed E-state index contributed by atoms with van der Waals surface area (Å²) in [6, 6.07) is 9.17. The van der Waals surface area contributed by atoms with Gasteiger partial charge >= 0.3 is 5.97 Å². The van der Waals surface area contributed by atoms with Crippen molar-refractivity contribution in [1.29, 1.82) is 0 Å². The van der Waals surface area contributed by atoms with Gasteiger partial charge in [-0.2, -0.15) is 0 Å². The van der Waals surface area contributed by atoms with Gasteiger partial charge in [-0.15, -0.1) is 0 Å². The number of phenolic OH excluding ortho intramolecular Hbond substituents is 1. The highest BCUT2D eigenvalue weighted by Crippen LogP contribution is 2.37. The first-order valence-electron chi connectivity index (χ1n) is 6.82. The first kappa shape index (κ1) is 14.9. The minimum absolute atomic E-state index is 0.0514. The second-order valence-corrected chi connectivity index (χ2v) is 4.97. The molecule has 0 fully saturated rings. The number of carboxylic acids is 1. The molecule has 3 N–H and O–H groups in total. The van der Waals surface area contributed by atoms with E-state index in [2.05, 4.69) is 0 Å². The maximum Gasteiger partial charge on any atom is 0.340 e. The molecule has 6 heteroatoms. The highest BCUT2D eigenvalue weighted by Gasteiger charge is 2.23. The smallest absolute Gasteiger partial charge is 0.340 e. The van der Waals surface area contributed by atoms with Gasteiger partial charge in [-0.1, -0.05) is 0 Å². The first-order chi connectivity index (χ1) is 11.0. The molecule has 0 aliphatic rings. The summed E-state index contributed by atoms with van der Waals surface area (Å²) in [5.41, 5.74) is 1.22. The molecule has 0 amide bonds. The number of rotatable bonds is 4. The molecule has 0 spiro atoms. The molecule has 0 saturated carbocycles. The summed E-state index contributed by atoms with van der Waals surface area (Å²) in [5, 5.41) is 29.0. The number of ether oxygens (including phenoxy) is 1. The molecule has 23 heavy (non-hydrogen) atoms. The van der Waals surface area contributed by atoms with Crippen molar-refractivity contribution >= 4 is 16.9 Å². The fourth-order valence-electron chi connectivity index (χ4n) is 2.54. The van der Waals surface area contributed by atoms with E-state index in [1.807, 2.05) is 0 Å². The van der Waals surface area contributed by atoms with E-state index in [1.54, 1.807) is 18.2 Å². The number of phenols is 1. The zero-order chi connectivity index (χ0) is 16.6. The summed E-state index contributed by atoms with van der Waals surface area (Å²) in [6.07, 6.45) is 0. The van der Waals surface area contributed by atoms with Gasteiger partial charge in [0, 0.05) is 10.9 Å². The molecule has 2 aromatic carbocycles. The number of aromatic carboxylic acids is 1. The fourth-order valence-corrected chi connectivity index (χ4v) is 2.54. The number of hydrogen-bond donors (Lipinski definition) is 3. The summed E-state index contributed by atoms with van der Waals surface area (Å²) in [7, 11) is 1.50. The Hall–Kier alpha value is -2.99.